The normalized spacial score (nSPS) is 38.7. The van der Waals surface area contributed by atoms with E-state index in [1.807, 2.05) is 26.8 Å². The topological polar surface area (TPSA) is 185 Å². The Hall–Kier alpha value is -1.84. The number of hydrogen-bond acceptors (Lipinski definition) is 12. The van der Waals surface area contributed by atoms with Gasteiger partial charge >= 0.3 is 6.09 Å². The van der Waals surface area contributed by atoms with Crippen LogP contribution in [0.2, 0.25) is 0 Å². The average molecular weight is 631 g/mol. The van der Waals surface area contributed by atoms with E-state index >= 15 is 0 Å². The SMILES string of the molecule is CCC1=CC[C@@H](C)[C@@H](O[C@H]2[C@H](O)[C@@H](O[C@H]3OC[C@](C)(O)[C@H](NC)[C@H]3O)[C@H](CC(=O)[C@@H](O)CNC(=O)OC(C)(C)C)C[C@@H]2C)O1. The number of carbonyl (C=O) groups excluding carboxylic acids is 2. The highest BCUT2D eigenvalue weighted by molar-refractivity contribution is 5.84. The zero-order chi connectivity index (χ0) is 33.0. The van der Waals surface area contributed by atoms with Crippen molar-refractivity contribution in [3.8, 4) is 0 Å². The highest BCUT2D eigenvalue weighted by Crippen LogP contribution is 2.40. The molecule has 0 bridgehead atoms. The van der Waals surface area contributed by atoms with Crippen LogP contribution in [0.4, 0.5) is 4.79 Å². The molecule has 3 rings (SSSR count). The second-order valence-corrected chi connectivity index (χ2v) is 13.8. The molecule has 1 amide bonds. The summed E-state index contributed by atoms with van der Waals surface area (Å²) >= 11 is 0. The molecule has 0 radical (unpaired) electrons. The van der Waals surface area contributed by atoms with Gasteiger partial charge in [0.05, 0.1) is 37.2 Å². The summed E-state index contributed by atoms with van der Waals surface area (Å²) in [6.45, 7) is 12.1. The minimum atomic E-state index is -1.51. The molecule has 1 saturated heterocycles. The van der Waals surface area contributed by atoms with Gasteiger partial charge in [-0.1, -0.05) is 20.8 Å². The molecule has 2 fully saturated rings. The van der Waals surface area contributed by atoms with Crippen LogP contribution in [0.15, 0.2) is 11.8 Å². The average Bonchev–Trinajstić information content (AvgIpc) is 2.92. The van der Waals surface area contributed by atoms with Gasteiger partial charge in [-0.2, -0.15) is 0 Å². The first kappa shape index (κ1) is 36.6. The van der Waals surface area contributed by atoms with Crippen LogP contribution < -0.4 is 10.6 Å². The Kier molecular flexibility index (Phi) is 12.6. The standard InChI is InChI=1S/C31H54N2O11/c1-9-19-11-10-16(2)27(41-19)42-24-17(3)12-18(13-20(34)21(35)14-33-29(38)44-30(4,5)6)25(22(24)36)43-28-23(37)26(32-8)31(7,39)15-40-28/h11,16-18,21-28,32,35-37,39H,9-10,12-15H2,1-8H3,(H,33,38)/t16-,17+,18+,21+,22+,23-,24-,25+,26-,27-,28-,31+/m1/s1. The molecule has 13 nitrogen and oxygen atoms in total. The predicted molar refractivity (Wildman–Crippen MR) is 159 cm³/mol. The smallest absolute Gasteiger partial charge is 0.407 e. The van der Waals surface area contributed by atoms with Crippen molar-refractivity contribution in [1.82, 2.24) is 10.6 Å². The zero-order valence-corrected chi connectivity index (χ0v) is 27.3. The number of hydrogen-bond donors (Lipinski definition) is 6. The van der Waals surface area contributed by atoms with Gasteiger partial charge in [-0.25, -0.2) is 4.79 Å². The molecule has 12 atom stereocenters. The van der Waals surface area contributed by atoms with Crippen molar-refractivity contribution < 1.29 is 53.7 Å². The second kappa shape index (κ2) is 15.2. The lowest BCUT2D eigenvalue weighted by Gasteiger charge is -2.49. The van der Waals surface area contributed by atoms with Gasteiger partial charge in [-0.3, -0.25) is 4.79 Å². The van der Waals surface area contributed by atoms with Gasteiger partial charge in [0.2, 0.25) is 6.29 Å². The van der Waals surface area contributed by atoms with E-state index in [9.17, 15) is 30.0 Å². The van der Waals surface area contributed by atoms with E-state index in [4.69, 9.17) is 23.7 Å². The maximum absolute atomic E-state index is 13.2. The van der Waals surface area contributed by atoms with Crippen molar-refractivity contribution in [3.05, 3.63) is 11.8 Å². The van der Waals surface area contributed by atoms with Crippen LogP contribution in [0, 0.1) is 17.8 Å². The molecule has 0 spiro atoms. The van der Waals surface area contributed by atoms with E-state index in [1.54, 1.807) is 27.8 Å². The van der Waals surface area contributed by atoms with Crippen LogP contribution in [0.3, 0.4) is 0 Å². The molecule has 1 aliphatic carbocycles. The Labute approximate surface area is 260 Å². The molecular formula is C31H54N2O11. The summed E-state index contributed by atoms with van der Waals surface area (Å²) in [6.07, 6.45) is -4.65. The molecule has 2 heterocycles. The zero-order valence-electron chi connectivity index (χ0n) is 27.3. The van der Waals surface area contributed by atoms with Crippen molar-refractivity contribution >= 4 is 11.9 Å². The van der Waals surface area contributed by atoms with E-state index in [-0.39, 0.29) is 31.4 Å². The first-order valence-electron chi connectivity index (χ1n) is 15.7. The van der Waals surface area contributed by atoms with Gasteiger partial charge < -0.3 is 54.7 Å². The Morgan fingerprint density at radius 2 is 1.77 bits per heavy atom. The van der Waals surface area contributed by atoms with Gasteiger partial charge in [-0.15, -0.1) is 0 Å². The molecule has 1 saturated carbocycles. The summed E-state index contributed by atoms with van der Waals surface area (Å²) in [5.74, 6) is -0.514. The molecule has 0 aromatic heterocycles. The first-order valence-corrected chi connectivity index (χ1v) is 15.7. The Morgan fingerprint density at radius 3 is 2.39 bits per heavy atom. The molecular weight excluding hydrogens is 576 g/mol. The number of alkyl carbamates (subject to hydrolysis) is 1. The predicted octanol–water partition coefficient (Wildman–Crippen LogP) is 1.35. The number of ketones is 1. The molecule has 254 valence electrons. The summed E-state index contributed by atoms with van der Waals surface area (Å²) in [7, 11) is 1.60. The fraction of sp³-hybridized carbons (Fsp3) is 0.871. The molecule has 44 heavy (non-hydrogen) atoms. The number of allylic oxidation sites excluding steroid dienone is 2. The maximum atomic E-state index is 13.2. The minimum Gasteiger partial charge on any atom is -0.469 e. The molecule has 6 N–H and O–H groups in total. The quantitative estimate of drug-likeness (QED) is 0.193. The van der Waals surface area contributed by atoms with Crippen molar-refractivity contribution in [2.45, 2.75) is 134 Å². The number of rotatable bonds is 11. The lowest BCUT2D eigenvalue weighted by molar-refractivity contribution is -0.312. The highest BCUT2D eigenvalue weighted by Gasteiger charge is 2.51. The van der Waals surface area contributed by atoms with E-state index in [0.29, 0.717) is 12.8 Å². The summed E-state index contributed by atoms with van der Waals surface area (Å²) in [4.78, 5) is 25.2. The molecule has 0 unspecified atom stereocenters. The van der Waals surface area contributed by atoms with Gasteiger partial charge in [0, 0.05) is 18.8 Å². The summed E-state index contributed by atoms with van der Waals surface area (Å²) < 4.78 is 29.6. The summed E-state index contributed by atoms with van der Waals surface area (Å²) in [5.41, 5.74) is -2.12. The monoisotopic (exact) mass is 630 g/mol. The molecule has 3 aliphatic rings. The van der Waals surface area contributed by atoms with Crippen LogP contribution in [-0.4, -0.2) is 113 Å². The third kappa shape index (κ3) is 9.35. The van der Waals surface area contributed by atoms with E-state index in [0.717, 1.165) is 12.2 Å². The number of nitrogens with one attached hydrogen (secondary N) is 2. The number of aliphatic hydroxyl groups excluding tert-OH is 3. The maximum Gasteiger partial charge on any atom is 0.407 e. The van der Waals surface area contributed by atoms with Gasteiger partial charge in [-0.05, 0) is 65.5 Å². The van der Waals surface area contributed by atoms with Crippen LogP contribution in [0.1, 0.15) is 74.1 Å². The van der Waals surface area contributed by atoms with Gasteiger partial charge in [0.1, 0.15) is 29.5 Å². The Morgan fingerprint density at radius 1 is 1.11 bits per heavy atom. The van der Waals surface area contributed by atoms with Crippen LogP contribution in [0.5, 0.6) is 0 Å². The second-order valence-electron chi connectivity index (χ2n) is 13.8. The van der Waals surface area contributed by atoms with Crippen molar-refractivity contribution in [2.75, 3.05) is 20.2 Å². The summed E-state index contributed by atoms with van der Waals surface area (Å²) in [6, 6.07) is -0.787. The number of likely N-dealkylation sites (N-methyl/N-ethyl adjacent to an activating group) is 1. The Balaban J connectivity index is 1.78. The fourth-order valence-electron chi connectivity index (χ4n) is 6.16. The van der Waals surface area contributed by atoms with Crippen molar-refractivity contribution in [1.29, 1.82) is 0 Å². The highest BCUT2D eigenvalue weighted by atomic mass is 16.7. The minimum absolute atomic E-state index is 0.0399. The largest absolute Gasteiger partial charge is 0.469 e. The lowest BCUT2D eigenvalue weighted by atomic mass is 9.74. The lowest BCUT2D eigenvalue weighted by Crippen LogP contribution is -2.66. The van der Waals surface area contributed by atoms with Crippen LogP contribution >= 0.6 is 0 Å². The number of ether oxygens (including phenoxy) is 5. The van der Waals surface area contributed by atoms with E-state index in [1.165, 1.54) is 6.92 Å². The number of carbonyl (C=O) groups is 2. The third-order valence-corrected chi connectivity index (χ3v) is 8.57. The van der Waals surface area contributed by atoms with Crippen molar-refractivity contribution in [2.24, 2.45) is 17.8 Å². The van der Waals surface area contributed by atoms with Gasteiger partial charge in [0.25, 0.3) is 0 Å². The van der Waals surface area contributed by atoms with E-state index in [2.05, 4.69) is 10.6 Å². The summed E-state index contributed by atoms with van der Waals surface area (Å²) in [5, 5.41) is 49.3. The van der Waals surface area contributed by atoms with E-state index < -0.39 is 78.1 Å². The van der Waals surface area contributed by atoms with Gasteiger partial charge in [0.15, 0.2) is 12.1 Å². The van der Waals surface area contributed by atoms with Crippen LogP contribution in [0.25, 0.3) is 0 Å². The van der Waals surface area contributed by atoms with Crippen molar-refractivity contribution in [3.63, 3.8) is 0 Å². The Bertz CT molecular complexity index is 1000. The molecule has 0 aromatic rings. The molecule has 0 aromatic carbocycles. The number of amides is 1. The third-order valence-electron chi connectivity index (χ3n) is 8.57. The fourth-order valence-corrected chi connectivity index (χ4v) is 6.16. The number of aliphatic hydroxyl groups is 4. The molecule has 2 aliphatic heterocycles. The number of Topliss-reactive ketones (excluding diaryl/α,β-unsaturated/α-hetero) is 1. The first-order chi connectivity index (χ1) is 20.5. The molecule has 13 heteroatoms. The van der Waals surface area contributed by atoms with Crippen LogP contribution in [-0.2, 0) is 28.5 Å².